The molecular weight excluding hydrogens is 316 g/mol. The number of carbonyl (C=O) groups is 1. The molecule has 0 aromatic heterocycles. The van der Waals surface area contributed by atoms with Crippen LogP contribution in [0.1, 0.15) is 6.42 Å². The van der Waals surface area contributed by atoms with Crippen molar-refractivity contribution in [3.63, 3.8) is 0 Å². The van der Waals surface area contributed by atoms with Crippen LogP contribution in [-0.4, -0.2) is 45.5 Å². The number of sulfone groups is 1. The summed E-state index contributed by atoms with van der Waals surface area (Å²) in [6, 6.07) is 4.75. The fourth-order valence-electron chi connectivity index (χ4n) is 2.18. The Labute approximate surface area is 128 Å². The van der Waals surface area contributed by atoms with Gasteiger partial charge in [-0.1, -0.05) is 11.6 Å². The summed E-state index contributed by atoms with van der Waals surface area (Å²) in [6.45, 7) is 0.0211. The minimum absolute atomic E-state index is 0.0131. The SMILES string of the molecule is COc1ccc(Cl)cc1NCC(=O)N[C@H]1CCS(=O)(=O)C1. The summed E-state index contributed by atoms with van der Waals surface area (Å²) in [5.74, 6) is 0.460. The molecule has 0 aliphatic carbocycles. The molecule has 6 nitrogen and oxygen atoms in total. The molecule has 1 fully saturated rings. The Bertz CT molecular complexity index is 633. The molecule has 1 atom stereocenters. The van der Waals surface area contributed by atoms with E-state index in [1.807, 2.05) is 0 Å². The lowest BCUT2D eigenvalue weighted by atomic mass is 10.2. The zero-order valence-electron chi connectivity index (χ0n) is 11.6. The van der Waals surface area contributed by atoms with Gasteiger partial charge in [0.2, 0.25) is 5.91 Å². The first-order valence-corrected chi connectivity index (χ1v) is 8.67. The van der Waals surface area contributed by atoms with Crippen LogP contribution in [-0.2, 0) is 14.6 Å². The van der Waals surface area contributed by atoms with E-state index in [9.17, 15) is 13.2 Å². The molecule has 21 heavy (non-hydrogen) atoms. The van der Waals surface area contributed by atoms with Crippen molar-refractivity contribution in [2.75, 3.05) is 30.5 Å². The summed E-state index contributed by atoms with van der Waals surface area (Å²) in [7, 11) is -1.47. The van der Waals surface area contributed by atoms with Crippen molar-refractivity contribution >= 4 is 33.0 Å². The molecule has 2 N–H and O–H groups in total. The molecule has 2 rings (SSSR count). The zero-order valence-corrected chi connectivity index (χ0v) is 13.1. The molecule has 0 saturated carbocycles. The Morgan fingerprint density at radius 1 is 1.48 bits per heavy atom. The van der Waals surface area contributed by atoms with E-state index in [2.05, 4.69) is 10.6 Å². The summed E-state index contributed by atoms with van der Waals surface area (Å²) in [5.41, 5.74) is 0.610. The van der Waals surface area contributed by atoms with Gasteiger partial charge in [0.1, 0.15) is 5.75 Å². The molecule has 0 radical (unpaired) electrons. The first-order chi connectivity index (χ1) is 9.89. The summed E-state index contributed by atoms with van der Waals surface area (Å²) in [6.07, 6.45) is 0.467. The van der Waals surface area contributed by atoms with Gasteiger partial charge >= 0.3 is 0 Å². The number of rotatable bonds is 5. The Hall–Kier alpha value is -1.47. The maximum Gasteiger partial charge on any atom is 0.239 e. The first kappa shape index (κ1) is 15.9. The molecule has 1 heterocycles. The molecule has 1 aromatic carbocycles. The highest BCUT2D eigenvalue weighted by Crippen LogP contribution is 2.27. The second-order valence-electron chi connectivity index (χ2n) is 4.87. The zero-order chi connectivity index (χ0) is 15.5. The maximum atomic E-state index is 11.8. The van der Waals surface area contributed by atoms with Crippen molar-refractivity contribution in [2.45, 2.75) is 12.5 Å². The fourth-order valence-corrected chi connectivity index (χ4v) is 4.03. The number of amides is 1. The van der Waals surface area contributed by atoms with E-state index in [1.165, 1.54) is 7.11 Å². The van der Waals surface area contributed by atoms with Crippen LogP contribution in [0.15, 0.2) is 18.2 Å². The van der Waals surface area contributed by atoms with Crippen LogP contribution in [0.25, 0.3) is 0 Å². The third kappa shape index (κ3) is 4.50. The largest absolute Gasteiger partial charge is 0.495 e. The Morgan fingerprint density at radius 3 is 2.86 bits per heavy atom. The monoisotopic (exact) mass is 332 g/mol. The lowest BCUT2D eigenvalue weighted by Crippen LogP contribution is -2.39. The van der Waals surface area contributed by atoms with Gasteiger partial charge in [0.15, 0.2) is 9.84 Å². The summed E-state index contributed by atoms with van der Waals surface area (Å²) in [4.78, 5) is 11.8. The molecule has 1 aliphatic rings. The summed E-state index contributed by atoms with van der Waals surface area (Å²) >= 11 is 5.90. The van der Waals surface area contributed by atoms with Gasteiger partial charge in [-0.15, -0.1) is 0 Å². The van der Waals surface area contributed by atoms with Crippen molar-refractivity contribution in [1.82, 2.24) is 5.32 Å². The third-order valence-corrected chi connectivity index (χ3v) is 5.20. The number of carbonyl (C=O) groups excluding carboxylic acids is 1. The van der Waals surface area contributed by atoms with E-state index in [4.69, 9.17) is 16.3 Å². The van der Waals surface area contributed by atoms with Gasteiger partial charge in [0, 0.05) is 11.1 Å². The van der Waals surface area contributed by atoms with Crippen molar-refractivity contribution in [1.29, 1.82) is 0 Å². The molecule has 0 spiro atoms. The molecule has 8 heteroatoms. The van der Waals surface area contributed by atoms with Gasteiger partial charge in [0.25, 0.3) is 0 Å². The average molecular weight is 333 g/mol. The summed E-state index contributed by atoms with van der Waals surface area (Å²) < 4.78 is 27.8. The van der Waals surface area contributed by atoms with Crippen LogP contribution in [0.3, 0.4) is 0 Å². The second-order valence-corrected chi connectivity index (χ2v) is 7.53. The van der Waals surface area contributed by atoms with Crippen LogP contribution in [0.2, 0.25) is 5.02 Å². The highest BCUT2D eigenvalue weighted by atomic mass is 35.5. The number of hydrogen-bond acceptors (Lipinski definition) is 5. The smallest absolute Gasteiger partial charge is 0.239 e. The standard InChI is InChI=1S/C13H17ClN2O4S/c1-20-12-3-2-9(14)6-11(12)15-7-13(17)16-10-4-5-21(18,19)8-10/h2-3,6,10,15H,4-5,7-8H2,1H3,(H,16,17)/t10-/m0/s1. The molecule has 116 valence electrons. The fraction of sp³-hybridized carbons (Fsp3) is 0.462. The van der Waals surface area contributed by atoms with E-state index in [0.717, 1.165) is 0 Å². The molecule has 1 amide bonds. The molecule has 1 aromatic rings. The Balaban J connectivity index is 1.88. The second kappa shape index (κ2) is 6.53. The van der Waals surface area contributed by atoms with Gasteiger partial charge in [-0.25, -0.2) is 8.42 Å². The molecule has 1 saturated heterocycles. The lowest BCUT2D eigenvalue weighted by molar-refractivity contribution is -0.119. The number of methoxy groups -OCH3 is 1. The summed E-state index contributed by atoms with van der Waals surface area (Å²) in [5, 5.41) is 6.16. The highest BCUT2D eigenvalue weighted by Gasteiger charge is 2.28. The van der Waals surface area contributed by atoms with E-state index in [0.29, 0.717) is 22.9 Å². The van der Waals surface area contributed by atoms with Crippen molar-refractivity contribution in [3.8, 4) is 5.75 Å². The van der Waals surface area contributed by atoms with E-state index >= 15 is 0 Å². The van der Waals surface area contributed by atoms with Crippen molar-refractivity contribution in [2.24, 2.45) is 0 Å². The topological polar surface area (TPSA) is 84.5 Å². The van der Waals surface area contributed by atoms with Crippen LogP contribution in [0, 0.1) is 0 Å². The average Bonchev–Trinajstić information content (AvgIpc) is 2.75. The minimum atomic E-state index is -3.00. The third-order valence-electron chi connectivity index (χ3n) is 3.20. The van der Waals surface area contributed by atoms with Gasteiger partial charge in [-0.05, 0) is 24.6 Å². The molecule has 0 unspecified atom stereocenters. The van der Waals surface area contributed by atoms with Gasteiger partial charge in [-0.2, -0.15) is 0 Å². The van der Waals surface area contributed by atoms with Crippen LogP contribution >= 0.6 is 11.6 Å². The number of benzene rings is 1. The van der Waals surface area contributed by atoms with E-state index in [1.54, 1.807) is 18.2 Å². The van der Waals surface area contributed by atoms with Crippen molar-refractivity contribution in [3.05, 3.63) is 23.2 Å². The number of hydrogen-bond donors (Lipinski definition) is 2. The van der Waals surface area contributed by atoms with Gasteiger partial charge in [0.05, 0.1) is 30.8 Å². The Morgan fingerprint density at radius 2 is 2.24 bits per heavy atom. The van der Waals surface area contributed by atoms with Crippen LogP contribution < -0.4 is 15.4 Å². The number of ether oxygens (including phenoxy) is 1. The predicted octanol–water partition coefficient (Wildman–Crippen LogP) is 1.06. The molecule has 0 bridgehead atoms. The first-order valence-electron chi connectivity index (χ1n) is 6.47. The number of halogens is 1. The number of anilines is 1. The van der Waals surface area contributed by atoms with Gasteiger partial charge in [-0.3, -0.25) is 4.79 Å². The minimum Gasteiger partial charge on any atom is -0.495 e. The molecule has 1 aliphatic heterocycles. The van der Waals surface area contributed by atoms with Crippen molar-refractivity contribution < 1.29 is 17.9 Å². The predicted molar refractivity (Wildman–Crippen MR) is 81.7 cm³/mol. The van der Waals surface area contributed by atoms with E-state index in [-0.39, 0.29) is 30.0 Å². The lowest BCUT2D eigenvalue weighted by Gasteiger charge is -2.14. The quantitative estimate of drug-likeness (QED) is 0.842. The number of nitrogens with one attached hydrogen (secondary N) is 2. The molecular formula is C13H17ClN2O4S. The van der Waals surface area contributed by atoms with E-state index < -0.39 is 9.84 Å². The Kier molecular flexibility index (Phi) is 4.95. The highest BCUT2D eigenvalue weighted by molar-refractivity contribution is 7.91. The van der Waals surface area contributed by atoms with Crippen LogP contribution in [0.4, 0.5) is 5.69 Å². The van der Waals surface area contributed by atoms with Gasteiger partial charge < -0.3 is 15.4 Å². The van der Waals surface area contributed by atoms with Crippen LogP contribution in [0.5, 0.6) is 5.75 Å². The maximum absolute atomic E-state index is 11.8. The normalized spacial score (nSPS) is 20.0.